The largest absolute Gasteiger partial charge is 0.367 e. The molecule has 0 bridgehead atoms. The molecule has 0 radical (unpaired) electrons. The van der Waals surface area contributed by atoms with Crippen molar-refractivity contribution in [3.63, 3.8) is 0 Å². The standard InChI is InChI=1S/C17H28FN3/c1-5-19-13-14-6-7-16(15(18)12-14)20-8-10-21(11-9-20)17(2,3)4/h6-7,12,19H,5,8-11,13H2,1-4H3. The van der Waals surface area contributed by atoms with E-state index >= 15 is 0 Å². The first-order chi connectivity index (χ1) is 9.91. The molecule has 1 N–H and O–H groups in total. The number of nitrogens with zero attached hydrogens (tertiary/aromatic N) is 2. The van der Waals surface area contributed by atoms with Crippen LogP contribution in [0.25, 0.3) is 0 Å². The highest BCUT2D eigenvalue weighted by molar-refractivity contribution is 5.49. The van der Waals surface area contributed by atoms with Gasteiger partial charge >= 0.3 is 0 Å². The van der Waals surface area contributed by atoms with Gasteiger partial charge in [-0.05, 0) is 45.0 Å². The van der Waals surface area contributed by atoms with Crippen LogP contribution in [0.3, 0.4) is 0 Å². The second-order valence-corrected chi connectivity index (χ2v) is 6.71. The molecule has 1 fully saturated rings. The third-order valence-electron chi connectivity index (χ3n) is 4.16. The first-order valence-corrected chi connectivity index (χ1v) is 7.91. The second kappa shape index (κ2) is 6.75. The monoisotopic (exact) mass is 293 g/mol. The maximum absolute atomic E-state index is 14.3. The Hall–Kier alpha value is -1.13. The third kappa shape index (κ3) is 4.17. The number of benzene rings is 1. The maximum atomic E-state index is 14.3. The van der Waals surface area contributed by atoms with E-state index in [1.807, 2.05) is 12.1 Å². The fourth-order valence-corrected chi connectivity index (χ4v) is 2.80. The first-order valence-electron chi connectivity index (χ1n) is 7.91. The van der Waals surface area contributed by atoms with Gasteiger partial charge in [-0.1, -0.05) is 13.0 Å². The van der Waals surface area contributed by atoms with E-state index in [9.17, 15) is 4.39 Å². The Morgan fingerprint density at radius 1 is 1.14 bits per heavy atom. The minimum atomic E-state index is -0.102. The van der Waals surface area contributed by atoms with Gasteiger partial charge in [0.15, 0.2) is 0 Å². The van der Waals surface area contributed by atoms with E-state index < -0.39 is 0 Å². The Morgan fingerprint density at radius 2 is 1.81 bits per heavy atom. The number of rotatable bonds is 4. The van der Waals surface area contributed by atoms with Crippen LogP contribution in [-0.4, -0.2) is 43.2 Å². The van der Waals surface area contributed by atoms with Crippen LogP contribution < -0.4 is 10.2 Å². The highest BCUT2D eigenvalue weighted by Crippen LogP contribution is 2.24. The van der Waals surface area contributed by atoms with Gasteiger partial charge in [0.05, 0.1) is 5.69 Å². The molecule has 1 aliphatic heterocycles. The molecule has 0 saturated carbocycles. The fourth-order valence-electron chi connectivity index (χ4n) is 2.80. The molecule has 1 aromatic carbocycles. The van der Waals surface area contributed by atoms with Gasteiger partial charge < -0.3 is 10.2 Å². The van der Waals surface area contributed by atoms with Gasteiger partial charge in [0, 0.05) is 38.3 Å². The molecular weight excluding hydrogens is 265 g/mol. The molecule has 21 heavy (non-hydrogen) atoms. The predicted molar refractivity (Wildman–Crippen MR) is 87.3 cm³/mol. The Kier molecular flexibility index (Phi) is 5.22. The molecular formula is C17H28FN3. The van der Waals surface area contributed by atoms with Crippen LogP contribution in [0, 0.1) is 5.82 Å². The van der Waals surface area contributed by atoms with Crippen LogP contribution in [-0.2, 0) is 6.54 Å². The van der Waals surface area contributed by atoms with Crippen LogP contribution in [0.4, 0.5) is 10.1 Å². The van der Waals surface area contributed by atoms with Crippen molar-refractivity contribution in [2.24, 2.45) is 0 Å². The topological polar surface area (TPSA) is 18.5 Å². The highest BCUT2D eigenvalue weighted by atomic mass is 19.1. The van der Waals surface area contributed by atoms with Gasteiger partial charge in [0.1, 0.15) is 5.82 Å². The Balaban J connectivity index is 2.00. The van der Waals surface area contributed by atoms with Gasteiger partial charge in [0.25, 0.3) is 0 Å². The van der Waals surface area contributed by atoms with E-state index in [2.05, 4.69) is 42.8 Å². The van der Waals surface area contributed by atoms with Crippen LogP contribution in [0.5, 0.6) is 0 Å². The second-order valence-electron chi connectivity index (χ2n) is 6.71. The average molecular weight is 293 g/mol. The van der Waals surface area contributed by atoms with Crippen LogP contribution in [0.1, 0.15) is 33.3 Å². The zero-order chi connectivity index (χ0) is 15.5. The highest BCUT2D eigenvalue weighted by Gasteiger charge is 2.26. The van der Waals surface area contributed by atoms with Gasteiger partial charge in [-0.25, -0.2) is 4.39 Å². The quantitative estimate of drug-likeness (QED) is 0.921. The zero-order valence-electron chi connectivity index (χ0n) is 13.7. The normalized spacial score (nSPS) is 17.3. The molecule has 1 heterocycles. The molecule has 4 heteroatoms. The van der Waals surface area contributed by atoms with Gasteiger partial charge in [-0.3, -0.25) is 4.90 Å². The summed E-state index contributed by atoms with van der Waals surface area (Å²) >= 11 is 0. The van der Waals surface area contributed by atoms with Crippen molar-refractivity contribution in [2.45, 2.75) is 39.8 Å². The molecule has 1 aliphatic rings. The Labute approximate surface area is 128 Å². The maximum Gasteiger partial charge on any atom is 0.146 e. The summed E-state index contributed by atoms with van der Waals surface area (Å²) < 4.78 is 14.3. The summed E-state index contributed by atoms with van der Waals surface area (Å²) in [6, 6.07) is 5.61. The van der Waals surface area contributed by atoms with Gasteiger partial charge in [-0.2, -0.15) is 0 Å². The lowest BCUT2D eigenvalue weighted by Gasteiger charge is -2.43. The molecule has 0 unspecified atom stereocenters. The van der Waals surface area contributed by atoms with E-state index in [0.717, 1.165) is 50.5 Å². The predicted octanol–water partition coefficient (Wildman–Crippen LogP) is 2.86. The van der Waals surface area contributed by atoms with E-state index in [4.69, 9.17) is 0 Å². The van der Waals surface area contributed by atoms with Crippen molar-refractivity contribution in [3.05, 3.63) is 29.6 Å². The summed E-state index contributed by atoms with van der Waals surface area (Å²) in [6.45, 7) is 14.1. The molecule has 2 rings (SSSR count). The van der Waals surface area contributed by atoms with Crippen LogP contribution in [0.15, 0.2) is 18.2 Å². The number of anilines is 1. The number of halogens is 1. The lowest BCUT2D eigenvalue weighted by Crippen LogP contribution is -2.53. The SMILES string of the molecule is CCNCc1ccc(N2CCN(C(C)(C)C)CC2)c(F)c1. The van der Waals surface area contributed by atoms with Crippen molar-refractivity contribution in [2.75, 3.05) is 37.6 Å². The molecule has 1 saturated heterocycles. The van der Waals surface area contributed by atoms with Crippen LogP contribution >= 0.6 is 0 Å². The van der Waals surface area contributed by atoms with Crippen LogP contribution in [0.2, 0.25) is 0 Å². The third-order valence-corrected chi connectivity index (χ3v) is 4.16. The number of nitrogens with one attached hydrogen (secondary N) is 1. The van der Waals surface area contributed by atoms with Gasteiger partial charge in [-0.15, -0.1) is 0 Å². The summed E-state index contributed by atoms with van der Waals surface area (Å²) in [5, 5.41) is 3.23. The first kappa shape index (κ1) is 16.2. The lowest BCUT2D eigenvalue weighted by atomic mass is 10.0. The number of piperazine rings is 1. The molecule has 0 aromatic heterocycles. The van der Waals surface area contributed by atoms with Gasteiger partial charge in [0.2, 0.25) is 0 Å². The zero-order valence-corrected chi connectivity index (χ0v) is 13.7. The minimum Gasteiger partial charge on any atom is -0.367 e. The molecule has 0 amide bonds. The molecule has 0 aliphatic carbocycles. The van der Waals surface area contributed by atoms with Crippen molar-refractivity contribution in [1.82, 2.24) is 10.2 Å². The van der Waals surface area contributed by atoms with Crippen molar-refractivity contribution < 1.29 is 4.39 Å². The summed E-state index contributed by atoms with van der Waals surface area (Å²) in [6.07, 6.45) is 0. The summed E-state index contributed by atoms with van der Waals surface area (Å²) in [4.78, 5) is 4.62. The molecule has 0 spiro atoms. The van der Waals surface area contributed by atoms with E-state index in [1.54, 1.807) is 6.07 Å². The van der Waals surface area contributed by atoms with Crippen molar-refractivity contribution in [3.8, 4) is 0 Å². The minimum absolute atomic E-state index is 0.102. The molecule has 118 valence electrons. The Morgan fingerprint density at radius 3 is 2.33 bits per heavy atom. The summed E-state index contributed by atoms with van der Waals surface area (Å²) in [5.74, 6) is -0.102. The fraction of sp³-hybridized carbons (Fsp3) is 0.647. The number of hydrogen-bond donors (Lipinski definition) is 1. The molecule has 0 atom stereocenters. The number of hydrogen-bond acceptors (Lipinski definition) is 3. The van der Waals surface area contributed by atoms with E-state index in [1.165, 1.54) is 0 Å². The molecule has 1 aromatic rings. The smallest absolute Gasteiger partial charge is 0.146 e. The molecule has 3 nitrogen and oxygen atoms in total. The summed E-state index contributed by atoms with van der Waals surface area (Å²) in [5.41, 5.74) is 1.94. The average Bonchev–Trinajstić information content (AvgIpc) is 2.44. The Bertz CT molecular complexity index is 460. The summed E-state index contributed by atoms with van der Waals surface area (Å²) in [7, 11) is 0. The lowest BCUT2D eigenvalue weighted by molar-refractivity contribution is 0.128. The van der Waals surface area contributed by atoms with E-state index in [-0.39, 0.29) is 11.4 Å². The van der Waals surface area contributed by atoms with Crippen molar-refractivity contribution in [1.29, 1.82) is 0 Å². The van der Waals surface area contributed by atoms with E-state index in [0.29, 0.717) is 0 Å². The van der Waals surface area contributed by atoms with Crippen molar-refractivity contribution >= 4 is 5.69 Å².